The molecule has 0 amide bonds. The Labute approximate surface area is 124 Å². The van der Waals surface area contributed by atoms with Crippen molar-refractivity contribution in [1.29, 1.82) is 0 Å². The van der Waals surface area contributed by atoms with E-state index in [1.54, 1.807) is 6.20 Å². The molecule has 4 heteroatoms. The number of rotatable bonds is 3. The van der Waals surface area contributed by atoms with Crippen molar-refractivity contribution in [2.24, 2.45) is 0 Å². The number of nitrogens with two attached hydrogens (primary N) is 1. The largest absolute Gasteiger partial charge is 0.383 e. The molecule has 0 aliphatic rings. The summed E-state index contributed by atoms with van der Waals surface area (Å²) in [6.45, 7) is 4.08. The number of hydrogen-bond donors (Lipinski definition) is 1. The first-order valence-corrected chi connectivity index (χ1v) is 7.17. The second-order valence-corrected chi connectivity index (χ2v) is 5.12. The Morgan fingerprint density at radius 2 is 1.95 bits per heavy atom. The van der Waals surface area contributed by atoms with Gasteiger partial charge in [-0.2, -0.15) is 0 Å². The Kier molecular flexibility index (Phi) is 3.52. The van der Waals surface area contributed by atoms with Gasteiger partial charge in [0.15, 0.2) is 0 Å². The van der Waals surface area contributed by atoms with Gasteiger partial charge in [-0.05, 0) is 25.5 Å². The average Bonchev–Trinajstić information content (AvgIpc) is 2.50. The van der Waals surface area contributed by atoms with Gasteiger partial charge in [0.05, 0.1) is 11.2 Å². The number of hydrogen-bond acceptors (Lipinski definition) is 4. The molecular formula is C17H18N4. The van der Waals surface area contributed by atoms with Gasteiger partial charge in [0, 0.05) is 29.1 Å². The number of pyridine rings is 1. The minimum Gasteiger partial charge on any atom is -0.383 e. The molecule has 4 nitrogen and oxygen atoms in total. The summed E-state index contributed by atoms with van der Waals surface area (Å²) in [6.07, 6.45) is 3.63. The molecule has 0 radical (unpaired) electrons. The summed E-state index contributed by atoms with van der Waals surface area (Å²) in [4.78, 5) is 13.5. The first-order valence-electron chi connectivity index (χ1n) is 7.17. The Balaban J connectivity index is 2.27. The number of nitrogens with zero attached hydrogens (tertiary/aromatic N) is 3. The predicted molar refractivity (Wildman–Crippen MR) is 85.9 cm³/mol. The van der Waals surface area contributed by atoms with Gasteiger partial charge in [0.1, 0.15) is 11.6 Å². The third-order valence-corrected chi connectivity index (χ3v) is 3.60. The minimum absolute atomic E-state index is 0.560. The molecule has 0 saturated carbocycles. The number of benzene rings is 1. The van der Waals surface area contributed by atoms with Gasteiger partial charge in [-0.25, -0.2) is 9.97 Å². The molecule has 2 N–H and O–H groups in total. The molecule has 0 atom stereocenters. The fourth-order valence-electron chi connectivity index (χ4n) is 2.49. The first-order chi connectivity index (χ1) is 10.2. The van der Waals surface area contributed by atoms with E-state index in [1.807, 2.05) is 25.1 Å². The molecule has 3 aromatic rings. The van der Waals surface area contributed by atoms with Crippen LogP contribution >= 0.6 is 0 Å². The molecule has 0 bridgehead atoms. The standard InChI is InChI=1S/C17H18N4/c1-3-6-15-20-16(11(2)17(18)21-15)13-7-4-9-14-12(13)8-5-10-19-14/h4-5,7-10H,3,6H2,1-2H3,(H2,18,20,21). The van der Waals surface area contributed by atoms with Crippen molar-refractivity contribution in [2.45, 2.75) is 26.7 Å². The van der Waals surface area contributed by atoms with E-state index in [4.69, 9.17) is 10.7 Å². The fourth-order valence-corrected chi connectivity index (χ4v) is 2.49. The summed E-state index contributed by atoms with van der Waals surface area (Å²) in [6, 6.07) is 10.1. The summed E-state index contributed by atoms with van der Waals surface area (Å²) in [7, 11) is 0. The van der Waals surface area contributed by atoms with Crippen LogP contribution in [0.5, 0.6) is 0 Å². The van der Waals surface area contributed by atoms with Crippen LogP contribution in [0.15, 0.2) is 36.5 Å². The molecular weight excluding hydrogens is 260 g/mol. The van der Waals surface area contributed by atoms with Crippen LogP contribution < -0.4 is 5.73 Å². The summed E-state index contributed by atoms with van der Waals surface area (Å²) in [5, 5.41) is 1.09. The van der Waals surface area contributed by atoms with Crippen molar-refractivity contribution < 1.29 is 0 Å². The summed E-state index contributed by atoms with van der Waals surface area (Å²) < 4.78 is 0. The second-order valence-electron chi connectivity index (χ2n) is 5.12. The fraction of sp³-hybridized carbons (Fsp3) is 0.235. The third kappa shape index (κ3) is 2.44. The van der Waals surface area contributed by atoms with E-state index >= 15 is 0 Å². The summed E-state index contributed by atoms with van der Waals surface area (Å²) >= 11 is 0. The van der Waals surface area contributed by atoms with E-state index < -0.39 is 0 Å². The van der Waals surface area contributed by atoms with Crippen molar-refractivity contribution >= 4 is 16.7 Å². The van der Waals surface area contributed by atoms with Gasteiger partial charge in [0.25, 0.3) is 0 Å². The Morgan fingerprint density at radius 3 is 2.76 bits per heavy atom. The van der Waals surface area contributed by atoms with Crippen molar-refractivity contribution in [3.8, 4) is 11.3 Å². The van der Waals surface area contributed by atoms with Gasteiger partial charge in [0.2, 0.25) is 0 Å². The Bertz CT molecular complexity index is 791. The monoisotopic (exact) mass is 278 g/mol. The quantitative estimate of drug-likeness (QED) is 0.796. The average molecular weight is 278 g/mol. The lowest BCUT2D eigenvalue weighted by molar-refractivity contribution is 0.836. The van der Waals surface area contributed by atoms with Gasteiger partial charge >= 0.3 is 0 Å². The van der Waals surface area contributed by atoms with Crippen LogP contribution in [0.25, 0.3) is 22.2 Å². The van der Waals surface area contributed by atoms with Crippen LogP contribution in [-0.4, -0.2) is 15.0 Å². The molecule has 1 aromatic carbocycles. The van der Waals surface area contributed by atoms with E-state index in [-0.39, 0.29) is 0 Å². The lowest BCUT2D eigenvalue weighted by Crippen LogP contribution is -2.05. The lowest BCUT2D eigenvalue weighted by Gasteiger charge is -2.12. The maximum Gasteiger partial charge on any atom is 0.131 e. The first kappa shape index (κ1) is 13.5. The number of nitrogen functional groups attached to an aromatic ring is 1. The second kappa shape index (κ2) is 5.48. The van der Waals surface area contributed by atoms with Crippen LogP contribution in [-0.2, 0) is 6.42 Å². The van der Waals surface area contributed by atoms with Gasteiger partial charge in [-0.1, -0.05) is 25.1 Å². The van der Waals surface area contributed by atoms with Gasteiger partial charge < -0.3 is 5.73 Å². The van der Waals surface area contributed by atoms with Crippen molar-refractivity contribution in [3.05, 3.63) is 47.9 Å². The molecule has 3 rings (SSSR count). The van der Waals surface area contributed by atoms with Gasteiger partial charge in [-0.15, -0.1) is 0 Å². The highest BCUT2D eigenvalue weighted by Crippen LogP contribution is 2.30. The molecule has 0 fully saturated rings. The van der Waals surface area contributed by atoms with Crippen LogP contribution in [0.2, 0.25) is 0 Å². The number of fused-ring (bicyclic) bond motifs is 1. The van der Waals surface area contributed by atoms with Crippen LogP contribution in [0.3, 0.4) is 0 Å². The Hall–Kier alpha value is -2.49. The predicted octanol–water partition coefficient (Wildman–Crippen LogP) is 3.53. The molecule has 2 heterocycles. The number of aryl methyl sites for hydroxylation is 1. The highest BCUT2D eigenvalue weighted by Gasteiger charge is 2.13. The van der Waals surface area contributed by atoms with Crippen LogP contribution in [0.1, 0.15) is 24.7 Å². The summed E-state index contributed by atoms with van der Waals surface area (Å²) in [5.41, 5.74) is 9.92. The van der Waals surface area contributed by atoms with E-state index in [0.29, 0.717) is 5.82 Å². The lowest BCUT2D eigenvalue weighted by atomic mass is 10.0. The summed E-state index contributed by atoms with van der Waals surface area (Å²) in [5.74, 6) is 1.36. The minimum atomic E-state index is 0.560. The smallest absolute Gasteiger partial charge is 0.131 e. The molecule has 2 aromatic heterocycles. The maximum absolute atomic E-state index is 6.07. The third-order valence-electron chi connectivity index (χ3n) is 3.60. The molecule has 0 spiro atoms. The molecule has 21 heavy (non-hydrogen) atoms. The molecule has 106 valence electrons. The SMILES string of the molecule is CCCc1nc(N)c(C)c(-c2cccc3ncccc23)n1. The van der Waals surface area contributed by atoms with Crippen LogP contribution in [0.4, 0.5) is 5.82 Å². The molecule has 0 aliphatic heterocycles. The number of anilines is 1. The van der Waals surface area contributed by atoms with Crippen LogP contribution in [0, 0.1) is 6.92 Å². The highest BCUT2D eigenvalue weighted by molar-refractivity contribution is 5.94. The van der Waals surface area contributed by atoms with E-state index in [2.05, 4.69) is 29.0 Å². The zero-order chi connectivity index (χ0) is 14.8. The molecule has 0 aliphatic carbocycles. The maximum atomic E-state index is 6.07. The van der Waals surface area contributed by atoms with Crippen molar-refractivity contribution in [2.75, 3.05) is 5.73 Å². The zero-order valence-corrected chi connectivity index (χ0v) is 12.3. The topological polar surface area (TPSA) is 64.7 Å². The molecule has 0 saturated heterocycles. The van der Waals surface area contributed by atoms with E-state index in [9.17, 15) is 0 Å². The normalized spacial score (nSPS) is 11.0. The highest BCUT2D eigenvalue weighted by atomic mass is 15.0. The van der Waals surface area contributed by atoms with E-state index in [0.717, 1.165) is 46.4 Å². The van der Waals surface area contributed by atoms with Gasteiger partial charge in [-0.3, -0.25) is 4.98 Å². The number of aromatic nitrogens is 3. The van der Waals surface area contributed by atoms with Crippen molar-refractivity contribution in [1.82, 2.24) is 15.0 Å². The Morgan fingerprint density at radius 1 is 1.10 bits per heavy atom. The van der Waals surface area contributed by atoms with Crippen molar-refractivity contribution in [3.63, 3.8) is 0 Å². The molecule has 0 unspecified atom stereocenters. The van der Waals surface area contributed by atoms with E-state index in [1.165, 1.54) is 0 Å². The zero-order valence-electron chi connectivity index (χ0n) is 12.3.